The molecule has 0 fully saturated rings. The maximum absolute atomic E-state index is 11.5. The maximum atomic E-state index is 11.5. The van der Waals surface area contributed by atoms with E-state index in [1.807, 2.05) is 13.8 Å². The highest BCUT2D eigenvalue weighted by Crippen LogP contribution is 2.29. The van der Waals surface area contributed by atoms with E-state index in [-0.39, 0.29) is 5.56 Å². The number of fused-ring (bicyclic) bond motifs is 1. The molecular weight excluding hydrogens is 256 g/mol. The molecule has 4 nitrogen and oxygen atoms in total. The van der Waals surface area contributed by atoms with Crippen molar-refractivity contribution in [2.75, 3.05) is 0 Å². The van der Waals surface area contributed by atoms with Crippen molar-refractivity contribution < 1.29 is 19.8 Å². The van der Waals surface area contributed by atoms with Crippen molar-refractivity contribution in [1.29, 1.82) is 0 Å². The first kappa shape index (κ1) is 14.1. The van der Waals surface area contributed by atoms with E-state index in [2.05, 4.69) is 0 Å². The summed E-state index contributed by atoms with van der Waals surface area (Å²) in [7, 11) is 0. The molecule has 0 saturated carbocycles. The Bertz CT molecular complexity index is 701. The van der Waals surface area contributed by atoms with Gasteiger partial charge in [-0.05, 0) is 46.9 Å². The van der Waals surface area contributed by atoms with Crippen molar-refractivity contribution in [3.63, 3.8) is 0 Å². The summed E-state index contributed by atoms with van der Waals surface area (Å²) in [6.45, 7) is 3.75. The van der Waals surface area contributed by atoms with Crippen molar-refractivity contribution >= 4 is 22.7 Å². The van der Waals surface area contributed by atoms with E-state index in [0.29, 0.717) is 40.3 Å². The number of aromatic carboxylic acids is 2. The van der Waals surface area contributed by atoms with Crippen molar-refractivity contribution in [3.8, 4) is 0 Å². The van der Waals surface area contributed by atoms with Crippen LogP contribution < -0.4 is 0 Å². The van der Waals surface area contributed by atoms with Crippen LogP contribution in [0.5, 0.6) is 0 Å². The van der Waals surface area contributed by atoms with Crippen molar-refractivity contribution in [2.24, 2.45) is 0 Å². The Morgan fingerprint density at radius 3 is 2.20 bits per heavy atom. The molecule has 2 rings (SSSR count). The first-order valence-electron chi connectivity index (χ1n) is 6.55. The van der Waals surface area contributed by atoms with Gasteiger partial charge in [-0.1, -0.05) is 26.0 Å². The number of carbonyl (C=O) groups is 2. The molecular formula is C16H16O4. The molecule has 2 aromatic carbocycles. The minimum absolute atomic E-state index is 0.212. The van der Waals surface area contributed by atoms with E-state index in [0.717, 1.165) is 0 Å². The van der Waals surface area contributed by atoms with Gasteiger partial charge in [-0.2, -0.15) is 0 Å². The lowest BCUT2D eigenvalue weighted by Crippen LogP contribution is -2.09. The fourth-order valence-corrected chi connectivity index (χ4v) is 2.66. The van der Waals surface area contributed by atoms with Gasteiger partial charge in [-0.25, -0.2) is 9.59 Å². The molecule has 0 amide bonds. The minimum atomic E-state index is -0.997. The highest BCUT2D eigenvalue weighted by atomic mass is 16.4. The molecule has 0 radical (unpaired) electrons. The predicted octanol–water partition coefficient (Wildman–Crippen LogP) is 3.36. The summed E-state index contributed by atoms with van der Waals surface area (Å²) in [6.07, 6.45) is 1.10. The topological polar surface area (TPSA) is 74.6 Å². The minimum Gasteiger partial charge on any atom is -0.478 e. The summed E-state index contributed by atoms with van der Waals surface area (Å²) in [4.78, 5) is 22.8. The van der Waals surface area contributed by atoms with Gasteiger partial charge >= 0.3 is 11.9 Å². The summed E-state index contributed by atoms with van der Waals surface area (Å²) in [5.41, 5.74) is 1.90. The third-order valence-electron chi connectivity index (χ3n) is 3.55. The first-order valence-corrected chi connectivity index (χ1v) is 6.55. The molecule has 0 unspecified atom stereocenters. The Kier molecular flexibility index (Phi) is 3.74. The molecule has 0 aliphatic carbocycles. The predicted molar refractivity (Wildman–Crippen MR) is 76.6 cm³/mol. The van der Waals surface area contributed by atoms with Crippen LogP contribution in [0, 0.1) is 0 Å². The normalized spacial score (nSPS) is 10.7. The van der Waals surface area contributed by atoms with Crippen molar-refractivity contribution in [2.45, 2.75) is 26.7 Å². The van der Waals surface area contributed by atoms with E-state index < -0.39 is 11.9 Å². The summed E-state index contributed by atoms with van der Waals surface area (Å²) in [5.74, 6) is -1.95. The molecule has 20 heavy (non-hydrogen) atoms. The maximum Gasteiger partial charge on any atom is 0.336 e. The molecule has 0 aliphatic rings. The van der Waals surface area contributed by atoms with Crippen LogP contribution in [-0.2, 0) is 12.8 Å². The van der Waals surface area contributed by atoms with Gasteiger partial charge in [0.05, 0.1) is 11.1 Å². The van der Waals surface area contributed by atoms with Gasteiger partial charge < -0.3 is 10.2 Å². The van der Waals surface area contributed by atoms with E-state index in [4.69, 9.17) is 0 Å². The lowest BCUT2D eigenvalue weighted by molar-refractivity contribution is 0.0687. The molecule has 0 heterocycles. The van der Waals surface area contributed by atoms with E-state index in [1.165, 1.54) is 0 Å². The van der Waals surface area contributed by atoms with Gasteiger partial charge in [0.1, 0.15) is 0 Å². The molecule has 0 aliphatic heterocycles. The van der Waals surface area contributed by atoms with Crippen molar-refractivity contribution in [1.82, 2.24) is 0 Å². The lowest BCUT2D eigenvalue weighted by Gasteiger charge is -2.14. The van der Waals surface area contributed by atoms with Crippen LogP contribution in [0.1, 0.15) is 45.7 Å². The number of aryl methyl sites for hydroxylation is 2. The molecule has 2 aromatic rings. The van der Waals surface area contributed by atoms with Crippen LogP contribution >= 0.6 is 0 Å². The SMILES string of the molecule is CCc1cc2c(C(=O)O)cccc2c(CC)c1C(=O)O. The molecule has 0 spiro atoms. The highest BCUT2D eigenvalue weighted by molar-refractivity contribution is 6.08. The van der Waals surface area contributed by atoms with Gasteiger partial charge in [0, 0.05) is 0 Å². The van der Waals surface area contributed by atoms with Gasteiger partial charge in [-0.3, -0.25) is 0 Å². The second-order valence-electron chi connectivity index (χ2n) is 4.61. The van der Waals surface area contributed by atoms with Crippen LogP contribution in [0.4, 0.5) is 0 Å². The number of hydrogen-bond acceptors (Lipinski definition) is 2. The molecule has 104 valence electrons. The Balaban J connectivity index is 2.98. The largest absolute Gasteiger partial charge is 0.478 e. The summed E-state index contributed by atoms with van der Waals surface area (Å²) in [5, 5.41) is 20.0. The lowest BCUT2D eigenvalue weighted by atomic mass is 9.89. The molecule has 4 heteroatoms. The monoisotopic (exact) mass is 272 g/mol. The Morgan fingerprint density at radius 1 is 1.00 bits per heavy atom. The Hall–Kier alpha value is -2.36. The van der Waals surface area contributed by atoms with E-state index in [9.17, 15) is 19.8 Å². The number of benzene rings is 2. The molecule has 0 aromatic heterocycles. The van der Waals surface area contributed by atoms with E-state index >= 15 is 0 Å². The van der Waals surface area contributed by atoms with Gasteiger partial charge in [-0.15, -0.1) is 0 Å². The Labute approximate surface area is 116 Å². The third-order valence-corrected chi connectivity index (χ3v) is 3.55. The van der Waals surface area contributed by atoms with Crippen molar-refractivity contribution in [3.05, 3.63) is 46.5 Å². The highest BCUT2D eigenvalue weighted by Gasteiger charge is 2.19. The average molecular weight is 272 g/mol. The quantitative estimate of drug-likeness (QED) is 0.894. The Morgan fingerprint density at radius 2 is 1.70 bits per heavy atom. The van der Waals surface area contributed by atoms with Crippen LogP contribution in [0.3, 0.4) is 0 Å². The van der Waals surface area contributed by atoms with Crippen LogP contribution in [0.15, 0.2) is 24.3 Å². The molecule has 0 atom stereocenters. The number of carboxylic acid groups (broad SMARTS) is 2. The fraction of sp³-hybridized carbons (Fsp3) is 0.250. The van der Waals surface area contributed by atoms with Crippen LogP contribution in [0.25, 0.3) is 10.8 Å². The number of rotatable bonds is 4. The zero-order valence-electron chi connectivity index (χ0n) is 11.4. The number of carboxylic acids is 2. The summed E-state index contributed by atoms with van der Waals surface area (Å²) in [6, 6.07) is 6.68. The zero-order chi connectivity index (χ0) is 14.9. The fourth-order valence-electron chi connectivity index (χ4n) is 2.66. The van der Waals surface area contributed by atoms with Crippen LogP contribution in [-0.4, -0.2) is 22.2 Å². The standard InChI is InChI=1S/C16H16O4/c1-3-9-8-13-11(6-5-7-12(13)15(17)18)10(4-2)14(9)16(19)20/h5-8H,3-4H2,1-2H3,(H,17,18)(H,19,20). The van der Waals surface area contributed by atoms with Gasteiger partial charge in [0.15, 0.2) is 0 Å². The summed E-state index contributed by atoms with van der Waals surface area (Å²) >= 11 is 0. The smallest absolute Gasteiger partial charge is 0.336 e. The molecule has 0 saturated heterocycles. The van der Waals surface area contributed by atoms with Gasteiger partial charge in [0.25, 0.3) is 0 Å². The second kappa shape index (κ2) is 5.33. The third kappa shape index (κ3) is 2.13. The van der Waals surface area contributed by atoms with E-state index in [1.54, 1.807) is 24.3 Å². The van der Waals surface area contributed by atoms with Gasteiger partial charge in [0.2, 0.25) is 0 Å². The molecule has 0 bridgehead atoms. The average Bonchev–Trinajstić information content (AvgIpc) is 2.43. The zero-order valence-corrected chi connectivity index (χ0v) is 11.4. The second-order valence-corrected chi connectivity index (χ2v) is 4.61. The summed E-state index contributed by atoms with van der Waals surface area (Å²) < 4.78 is 0. The number of hydrogen-bond donors (Lipinski definition) is 2. The van der Waals surface area contributed by atoms with Crippen LogP contribution in [0.2, 0.25) is 0 Å². The molecule has 2 N–H and O–H groups in total. The first-order chi connectivity index (χ1) is 9.51.